The highest BCUT2D eigenvalue weighted by Gasteiger charge is 2.45. The first-order valence-corrected chi connectivity index (χ1v) is 19.5. The number of rotatable bonds is 15. The minimum atomic E-state index is -1.03. The van der Waals surface area contributed by atoms with E-state index in [0.29, 0.717) is 42.5 Å². The van der Waals surface area contributed by atoms with Crippen LogP contribution in [0.4, 0.5) is 11.4 Å². The monoisotopic (exact) mass is 788 g/mol. The first-order chi connectivity index (χ1) is 28.1. The number of anilines is 2. The number of fused-ring (bicyclic) bond motifs is 3. The van der Waals surface area contributed by atoms with Gasteiger partial charge in [-0.3, -0.25) is 48.6 Å². The van der Waals surface area contributed by atoms with E-state index >= 15 is 0 Å². The maximum atomic E-state index is 13.3. The summed E-state index contributed by atoms with van der Waals surface area (Å²) in [6.07, 6.45) is 4.00. The Morgan fingerprint density at radius 2 is 1.86 bits per heavy atom. The number of carbonyl (C=O) groups is 6. The molecule has 6 amide bonds. The largest absolute Gasteiger partial charge is 0.382 e. The van der Waals surface area contributed by atoms with Gasteiger partial charge in [0.1, 0.15) is 11.9 Å². The molecule has 0 aliphatic carbocycles. The van der Waals surface area contributed by atoms with Crippen molar-refractivity contribution in [1.82, 2.24) is 40.2 Å². The Morgan fingerprint density at radius 1 is 0.983 bits per heavy atom. The fourth-order valence-corrected chi connectivity index (χ4v) is 7.91. The van der Waals surface area contributed by atoms with Gasteiger partial charge in [-0.25, -0.2) is 4.98 Å². The summed E-state index contributed by atoms with van der Waals surface area (Å²) in [5.74, 6) is -1.20. The van der Waals surface area contributed by atoms with Crippen molar-refractivity contribution in [3.05, 3.63) is 83.3 Å². The van der Waals surface area contributed by atoms with Crippen LogP contribution in [0.1, 0.15) is 69.0 Å². The molecule has 5 N–H and O–H groups in total. The van der Waals surface area contributed by atoms with E-state index in [2.05, 4.69) is 36.2 Å². The van der Waals surface area contributed by atoms with Crippen LogP contribution in [-0.2, 0) is 32.7 Å². The van der Waals surface area contributed by atoms with Crippen molar-refractivity contribution < 1.29 is 33.5 Å². The second-order valence-electron chi connectivity index (χ2n) is 14.9. The van der Waals surface area contributed by atoms with Crippen LogP contribution in [0.25, 0.3) is 21.9 Å². The maximum Gasteiger partial charge on any atom is 0.264 e. The Hall–Kier alpha value is -6.46. The van der Waals surface area contributed by atoms with Crippen LogP contribution in [-0.4, -0.2) is 110 Å². The van der Waals surface area contributed by atoms with E-state index in [4.69, 9.17) is 9.72 Å². The van der Waals surface area contributed by atoms with Crippen LogP contribution in [0.3, 0.4) is 0 Å². The summed E-state index contributed by atoms with van der Waals surface area (Å²) >= 11 is 0. The predicted octanol–water partition coefficient (Wildman–Crippen LogP) is 2.95. The van der Waals surface area contributed by atoms with E-state index < -0.39 is 29.7 Å². The second kappa shape index (κ2) is 16.6. The van der Waals surface area contributed by atoms with E-state index in [0.717, 1.165) is 58.6 Å². The third kappa shape index (κ3) is 8.17. The normalized spacial score (nSPS) is 18.3. The van der Waals surface area contributed by atoms with Gasteiger partial charge in [-0.1, -0.05) is 6.07 Å². The van der Waals surface area contributed by atoms with Crippen molar-refractivity contribution in [3.63, 3.8) is 0 Å². The zero-order valence-corrected chi connectivity index (χ0v) is 32.0. The highest BCUT2D eigenvalue weighted by atomic mass is 16.5. The molecule has 5 aromatic rings. The fourth-order valence-electron chi connectivity index (χ4n) is 7.91. The van der Waals surface area contributed by atoms with Crippen LogP contribution >= 0.6 is 0 Å². The maximum absolute atomic E-state index is 13.3. The van der Waals surface area contributed by atoms with Crippen molar-refractivity contribution in [1.29, 1.82) is 0 Å². The molecule has 0 bridgehead atoms. The first kappa shape index (κ1) is 38.4. The van der Waals surface area contributed by atoms with E-state index in [1.165, 1.54) is 0 Å². The van der Waals surface area contributed by atoms with Crippen molar-refractivity contribution in [2.75, 3.05) is 50.0 Å². The first-order valence-electron chi connectivity index (χ1n) is 19.5. The lowest BCUT2D eigenvalue weighted by Gasteiger charge is -2.27. The molecule has 2 saturated heterocycles. The third-order valence-electron chi connectivity index (χ3n) is 10.9. The van der Waals surface area contributed by atoms with Gasteiger partial charge in [-0.05, 0) is 80.3 Å². The van der Waals surface area contributed by atoms with Gasteiger partial charge < -0.3 is 25.7 Å². The van der Waals surface area contributed by atoms with Crippen molar-refractivity contribution in [2.24, 2.45) is 13.0 Å². The van der Waals surface area contributed by atoms with Gasteiger partial charge in [0, 0.05) is 61.8 Å². The number of benzene rings is 3. The predicted molar refractivity (Wildman–Crippen MR) is 213 cm³/mol. The Bertz CT molecular complexity index is 2440. The number of hydrogen-bond acceptors (Lipinski definition) is 11. The number of aromatic nitrogens is 4. The Labute approximate surface area is 332 Å². The number of nitrogens with one attached hydrogen (secondary N) is 5. The number of hydrogen-bond donors (Lipinski definition) is 5. The number of ether oxygens (including phenoxy) is 1. The van der Waals surface area contributed by atoms with Gasteiger partial charge in [0.25, 0.3) is 17.7 Å². The topological polar surface area (TPSA) is 213 Å². The minimum absolute atomic E-state index is 0.0517. The van der Waals surface area contributed by atoms with Crippen LogP contribution in [0.5, 0.6) is 0 Å². The number of carbonyl (C=O) groups excluding carboxylic acids is 6. The molecule has 2 fully saturated rings. The summed E-state index contributed by atoms with van der Waals surface area (Å²) in [6, 6.07) is 15.0. The summed E-state index contributed by atoms with van der Waals surface area (Å²) in [7, 11) is 1.87. The molecule has 58 heavy (non-hydrogen) atoms. The molecule has 300 valence electrons. The lowest BCUT2D eigenvalue weighted by atomic mass is 10.0. The average Bonchev–Trinajstić information content (AvgIpc) is 3.98. The number of amides is 6. The molecule has 8 rings (SSSR count). The van der Waals surface area contributed by atoms with E-state index in [9.17, 15) is 28.8 Å². The van der Waals surface area contributed by atoms with Gasteiger partial charge >= 0.3 is 0 Å². The molecular weight excluding hydrogens is 745 g/mol. The number of imide groups is 2. The summed E-state index contributed by atoms with van der Waals surface area (Å²) in [5, 5.41) is 16.4. The van der Waals surface area contributed by atoms with Crippen LogP contribution in [0, 0.1) is 5.92 Å². The number of nitrogens with zero attached hydrogens (tertiary/aromatic N) is 5. The summed E-state index contributed by atoms with van der Waals surface area (Å²) in [4.78, 5) is 87.2. The van der Waals surface area contributed by atoms with Gasteiger partial charge in [-0.15, -0.1) is 0 Å². The summed E-state index contributed by atoms with van der Waals surface area (Å²) < 4.78 is 7.42. The third-order valence-corrected chi connectivity index (χ3v) is 10.9. The number of aromatic amines is 1. The summed E-state index contributed by atoms with van der Waals surface area (Å²) in [6.45, 7) is 3.93. The zero-order valence-electron chi connectivity index (χ0n) is 32.0. The average molecular weight is 789 g/mol. The lowest BCUT2D eigenvalue weighted by molar-refractivity contribution is -0.136. The molecule has 3 aliphatic rings. The Morgan fingerprint density at radius 3 is 2.72 bits per heavy atom. The SMILES string of the molecule is Cn1ncc2cc(C(=O)Nc3ccc4[nH]c(CN5CCC(CCNC(=O)CCOCCNc6cccc7c6C(=O)N(C6CCC(=O)NC6=O)C7=O)C5)nc4c3)ccc21. The van der Waals surface area contributed by atoms with Gasteiger partial charge in [0.15, 0.2) is 0 Å². The van der Waals surface area contributed by atoms with Crippen LogP contribution in [0.2, 0.25) is 0 Å². The van der Waals surface area contributed by atoms with Gasteiger partial charge in [0.05, 0.1) is 53.6 Å². The van der Waals surface area contributed by atoms with Crippen molar-refractivity contribution in [3.8, 4) is 0 Å². The molecule has 0 saturated carbocycles. The molecule has 17 heteroatoms. The number of piperidine rings is 1. The molecular formula is C41H44N10O7. The standard InChI is InChI=1S/C41H44N10O7/c1-49-32-8-5-25(19-26(32)21-44-49)38(54)45-27-6-7-29-31(20-27)47-34(46-29)23-50-16-12-24(22-50)11-14-43-35(52)13-17-58-18-15-42-30-4-2-3-28-37(30)41(57)51(40(28)56)33-9-10-36(53)48-39(33)55/h2-8,19-21,24,33,42H,9-18,22-23H2,1H3,(H,43,52)(H,45,54)(H,46,47)(H,48,53,55). The Balaban J connectivity index is 0.716. The molecule has 3 aliphatic heterocycles. The molecule has 2 unspecified atom stereocenters. The summed E-state index contributed by atoms with van der Waals surface area (Å²) in [5.41, 5.74) is 4.69. The number of likely N-dealkylation sites (tertiary alicyclic amines) is 1. The van der Waals surface area contributed by atoms with Crippen LogP contribution < -0.4 is 21.3 Å². The zero-order chi connectivity index (χ0) is 40.3. The smallest absolute Gasteiger partial charge is 0.264 e. The van der Waals surface area contributed by atoms with Gasteiger partial charge in [-0.2, -0.15) is 5.10 Å². The lowest BCUT2D eigenvalue weighted by Crippen LogP contribution is -2.54. The minimum Gasteiger partial charge on any atom is -0.382 e. The molecule has 17 nitrogen and oxygen atoms in total. The second-order valence-corrected chi connectivity index (χ2v) is 14.9. The molecule has 0 radical (unpaired) electrons. The van der Waals surface area contributed by atoms with Crippen LogP contribution in [0.15, 0.2) is 60.8 Å². The van der Waals surface area contributed by atoms with E-state index in [1.54, 1.807) is 35.1 Å². The Kier molecular flexibility index (Phi) is 11.0. The van der Waals surface area contributed by atoms with Gasteiger partial charge in [0.2, 0.25) is 17.7 Å². The quantitative estimate of drug-likeness (QED) is 0.0769. The molecule has 3 aromatic carbocycles. The van der Waals surface area contributed by atoms with E-state index in [1.807, 2.05) is 37.4 Å². The van der Waals surface area contributed by atoms with E-state index in [-0.39, 0.29) is 55.4 Å². The molecule has 0 spiro atoms. The number of imidazole rings is 1. The fraction of sp³-hybridized carbons (Fsp3) is 0.366. The van der Waals surface area contributed by atoms with Crippen molar-refractivity contribution >= 4 is 68.8 Å². The molecule has 5 heterocycles. The highest BCUT2D eigenvalue weighted by molar-refractivity contribution is 6.25. The number of H-pyrrole nitrogens is 1. The molecule has 2 aromatic heterocycles. The van der Waals surface area contributed by atoms with Crippen molar-refractivity contribution in [2.45, 2.75) is 44.7 Å². The molecule has 2 atom stereocenters. The highest BCUT2D eigenvalue weighted by Crippen LogP contribution is 2.32. The number of aryl methyl sites for hydroxylation is 1.